The first-order valence-electron chi connectivity index (χ1n) is 6.40. The Hall–Kier alpha value is -1.69. The lowest BCUT2D eigenvalue weighted by Crippen LogP contribution is -2.22. The summed E-state index contributed by atoms with van der Waals surface area (Å²) in [4.78, 5) is 36.8. The summed E-state index contributed by atoms with van der Waals surface area (Å²) in [5, 5.41) is 0.530. The van der Waals surface area contributed by atoms with E-state index in [1.807, 2.05) is 0 Å². The fourth-order valence-corrected chi connectivity index (χ4v) is 2.96. The number of carbonyl (C=O) groups is 3. The van der Waals surface area contributed by atoms with Crippen LogP contribution < -0.4 is 0 Å². The maximum absolute atomic E-state index is 12.6. The largest absolute Gasteiger partial charge is 0.463 e. The first kappa shape index (κ1) is 16.2. The smallest absolute Gasteiger partial charge is 0.241 e. The fraction of sp³-hybridized carbons (Fsp3) is 0.0625. The predicted molar refractivity (Wildman–Crippen MR) is 89.5 cm³/mol. The highest BCUT2D eigenvalue weighted by Gasteiger charge is 2.36. The molecule has 4 nitrogen and oxygen atoms in total. The van der Waals surface area contributed by atoms with E-state index in [2.05, 4.69) is 15.9 Å². The summed E-state index contributed by atoms with van der Waals surface area (Å²) in [6.07, 6.45) is 1.18. The van der Waals surface area contributed by atoms with Crippen molar-refractivity contribution in [2.24, 2.45) is 0 Å². The average Bonchev–Trinajstić information content (AvgIpc) is 2.97. The van der Waals surface area contributed by atoms with Crippen LogP contribution in [-0.2, 0) is 4.79 Å². The van der Waals surface area contributed by atoms with Gasteiger partial charge in [-0.2, -0.15) is 0 Å². The van der Waals surface area contributed by atoms with Crippen molar-refractivity contribution in [2.75, 3.05) is 0 Å². The summed E-state index contributed by atoms with van der Waals surface area (Å²) in [7, 11) is 0. The van der Waals surface area contributed by atoms with Gasteiger partial charge in [-0.15, -0.1) is 0 Å². The summed E-state index contributed by atoms with van der Waals surface area (Å²) in [5.74, 6) is -1.75. The number of halogens is 3. The topological polar surface area (TPSA) is 64.3 Å². The molecule has 23 heavy (non-hydrogen) atoms. The van der Waals surface area contributed by atoms with E-state index >= 15 is 0 Å². The Balaban J connectivity index is 2.15. The minimum atomic E-state index is -0.783. The van der Waals surface area contributed by atoms with E-state index in [1.54, 1.807) is 6.92 Å². The molecule has 1 aromatic heterocycles. The van der Waals surface area contributed by atoms with Crippen LogP contribution in [0.1, 0.15) is 39.0 Å². The van der Waals surface area contributed by atoms with Crippen molar-refractivity contribution < 1.29 is 18.8 Å². The number of allylic oxidation sites excluding steroid dienone is 2. The maximum atomic E-state index is 12.6. The summed E-state index contributed by atoms with van der Waals surface area (Å²) in [6.45, 7) is 1.63. The molecule has 0 saturated heterocycles. The van der Waals surface area contributed by atoms with Gasteiger partial charge in [-0.3, -0.25) is 14.4 Å². The van der Waals surface area contributed by atoms with Crippen LogP contribution in [0.4, 0.5) is 0 Å². The van der Waals surface area contributed by atoms with E-state index in [0.29, 0.717) is 10.6 Å². The molecular weight excluding hydrogens is 407 g/mol. The molecule has 7 heteroatoms. The summed E-state index contributed by atoms with van der Waals surface area (Å²) >= 11 is 14.8. The van der Waals surface area contributed by atoms with Crippen molar-refractivity contribution in [3.63, 3.8) is 0 Å². The molecule has 0 amide bonds. The van der Waals surface area contributed by atoms with Gasteiger partial charge in [-0.1, -0.05) is 23.2 Å². The first-order valence-corrected chi connectivity index (χ1v) is 7.94. The third kappa shape index (κ3) is 2.49. The Kier molecular flexibility index (Phi) is 4.04. The van der Waals surface area contributed by atoms with Crippen LogP contribution >= 0.6 is 39.1 Å². The van der Waals surface area contributed by atoms with Crippen molar-refractivity contribution in [1.29, 1.82) is 0 Å². The van der Waals surface area contributed by atoms with Crippen LogP contribution in [0.25, 0.3) is 5.57 Å². The van der Waals surface area contributed by atoms with Crippen molar-refractivity contribution in [3.05, 3.63) is 61.4 Å². The number of hydrogen-bond acceptors (Lipinski definition) is 4. The van der Waals surface area contributed by atoms with Gasteiger partial charge >= 0.3 is 0 Å². The molecule has 1 aliphatic rings. The second-order valence-electron chi connectivity index (χ2n) is 4.91. The van der Waals surface area contributed by atoms with Gasteiger partial charge in [0.15, 0.2) is 5.78 Å². The predicted octanol–water partition coefficient (Wildman–Crippen LogP) is 4.71. The van der Waals surface area contributed by atoms with E-state index in [9.17, 15) is 14.4 Å². The van der Waals surface area contributed by atoms with Crippen molar-refractivity contribution in [2.45, 2.75) is 6.92 Å². The SMILES string of the molecule is CC1=C(Br)C(=O)C(=O)c2c(C(=O)c3ccc(Cl)c(Cl)c3)coc21. The lowest BCUT2D eigenvalue weighted by Gasteiger charge is -2.11. The molecule has 1 aliphatic carbocycles. The van der Waals surface area contributed by atoms with E-state index in [-0.39, 0.29) is 32.0 Å². The molecule has 0 aliphatic heterocycles. The van der Waals surface area contributed by atoms with E-state index in [0.717, 1.165) is 0 Å². The van der Waals surface area contributed by atoms with Gasteiger partial charge < -0.3 is 4.42 Å². The summed E-state index contributed by atoms with van der Waals surface area (Å²) in [6, 6.07) is 4.38. The van der Waals surface area contributed by atoms with Crippen LogP contribution in [0.2, 0.25) is 10.0 Å². The molecule has 0 bridgehead atoms. The van der Waals surface area contributed by atoms with Crippen LogP contribution in [0.5, 0.6) is 0 Å². The summed E-state index contributed by atoms with van der Waals surface area (Å²) < 4.78 is 5.48. The average molecular weight is 414 g/mol. The van der Waals surface area contributed by atoms with Crippen LogP contribution in [-0.4, -0.2) is 17.3 Å². The molecular formula is C16H7BrCl2O4. The van der Waals surface area contributed by atoms with Gasteiger partial charge in [-0.05, 0) is 41.1 Å². The zero-order valence-electron chi connectivity index (χ0n) is 11.6. The highest BCUT2D eigenvalue weighted by Crippen LogP contribution is 2.36. The molecule has 2 aromatic rings. The van der Waals surface area contributed by atoms with Gasteiger partial charge in [0.05, 0.1) is 25.7 Å². The van der Waals surface area contributed by atoms with E-state index < -0.39 is 17.3 Å². The third-order valence-corrected chi connectivity index (χ3v) is 5.21. The lowest BCUT2D eigenvalue weighted by molar-refractivity contribution is -0.111. The monoisotopic (exact) mass is 412 g/mol. The van der Waals surface area contributed by atoms with Crippen molar-refractivity contribution in [1.82, 2.24) is 0 Å². The molecule has 0 radical (unpaired) electrons. The maximum Gasteiger partial charge on any atom is 0.241 e. The van der Waals surface area contributed by atoms with Gasteiger partial charge in [0, 0.05) is 11.1 Å². The molecule has 3 rings (SSSR count). The first-order chi connectivity index (χ1) is 10.8. The number of carbonyl (C=O) groups excluding carboxylic acids is 3. The van der Waals surface area contributed by atoms with Crippen LogP contribution in [0.3, 0.4) is 0 Å². The van der Waals surface area contributed by atoms with Gasteiger partial charge in [0.25, 0.3) is 0 Å². The highest BCUT2D eigenvalue weighted by atomic mass is 79.9. The Labute approximate surface area is 149 Å². The number of hydrogen-bond donors (Lipinski definition) is 0. The second kappa shape index (κ2) is 5.74. The molecule has 0 unspecified atom stereocenters. The molecule has 1 aromatic carbocycles. The van der Waals surface area contributed by atoms with Gasteiger partial charge in [0.2, 0.25) is 11.6 Å². The zero-order chi connectivity index (χ0) is 16.9. The number of furan rings is 1. The lowest BCUT2D eigenvalue weighted by atomic mass is 9.91. The van der Waals surface area contributed by atoms with Crippen LogP contribution in [0, 0.1) is 0 Å². The number of ketones is 3. The molecule has 0 atom stereocenters. The molecule has 0 spiro atoms. The number of rotatable bonds is 2. The molecule has 0 saturated carbocycles. The van der Waals surface area contributed by atoms with Crippen molar-refractivity contribution in [3.8, 4) is 0 Å². The second-order valence-corrected chi connectivity index (χ2v) is 6.52. The van der Waals surface area contributed by atoms with E-state index in [4.69, 9.17) is 27.6 Å². The highest BCUT2D eigenvalue weighted by molar-refractivity contribution is 9.12. The number of benzene rings is 1. The minimum Gasteiger partial charge on any atom is -0.463 e. The zero-order valence-corrected chi connectivity index (χ0v) is 14.7. The summed E-state index contributed by atoms with van der Waals surface area (Å²) in [5.41, 5.74) is 0.718. The molecule has 116 valence electrons. The minimum absolute atomic E-state index is 0.0215. The fourth-order valence-electron chi connectivity index (χ4n) is 2.30. The molecule has 0 fully saturated rings. The normalized spacial score (nSPS) is 14.3. The Bertz CT molecular complexity index is 924. The van der Waals surface area contributed by atoms with E-state index in [1.165, 1.54) is 24.5 Å². The Morgan fingerprint density at radius 2 is 1.83 bits per heavy atom. The quantitative estimate of drug-likeness (QED) is 0.528. The Morgan fingerprint density at radius 3 is 2.48 bits per heavy atom. The number of Topliss-reactive ketones (excluding diaryl/α,β-unsaturated/α-hetero) is 2. The van der Waals surface area contributed by atoms with Crippen molar-refractivity contribution >= 4 is 62.1 Å². The molecule has 1 heterocycles. The number of fused-ring (bicyclic) bond motifs is 1. The van der Waals surface area contributed by atoms with Gasteiger partial charge in [0.1, 0.15) is 12.0 Å². The Morgan fingerprint density at radius 1 is 1.13 bits per heavy atom. The third-order valence-electron chi connectivity index (χ3n) is 3.52. The molecule has 0 N–H and O–H groups in total. The standard InChI is InChI=1S/C16H7BrCl2O4/c1-6-12(17)15(22)14(21)11-8(5-23-16(6)11)13(20)7-2-3-9(18)10(19)4-7/h2-5H,1H3. The van der Waals surface area contributed by atoms with Gasteiger partial charge in [-0.25, -0.2) is 0 Å². The van der Waals surface area contributed by atoms with Crippen LogP contribution in [0.15, 0.2) is 33.4 Å².